The fraction of sp³-hybridized carbons (Fsp3) is 0.471. The van der Waals surface area contributed by atoms with E-state index in [4.69, 9.17) is 5.73 Å². The van der Waals surface area contributed by atoms with Crippen molar-refractivity contribution < 1.29 is 14.4 Å². The lowest BCUT2D eigenvalue weighted by Crippen LogP contribution is -2.49. The summed E-state index contributed by atoms with van der Waals surface area (Å²) in [6.07, 6.45) is 5.07. The molecular weight excluding hydrogens is 294 g/mol. The third kappa shape index (κ3) is 3.88. The van der Waals surface area contributed by atoms with E-state index in [0.717, 1.165) is 37.0 Å². The maximum Gasteiger partial charge on any atom is 0.323 e. The summed E-state index contributed by atoms with van der Waals surface area (Å²) in [5, 5.41) is 0. The monoisotopic (exact) mass is 317 g/mol. The standard InChI is InChI=1S/C17H23N3O3/c1-12(21)20(15-10-6-7-13(18)11-15)17(23)16(22)19(2)14-8-4-3-5-9-14/h6-7,10-11,14H,3-5,8-9,18H2,1-2H3. The van der Waals surface area contributed by atoms with E-state index in [0.29, 0.717) is 11.4 Å². The summed E-state index contributed by atoms with van der Waals surface area (Å²) < 4.78 is 0. The zero-order chi connectivity index (χ0) is 17.0. The molecule has 0 heterocycles. The van der Waals surface area contributed by atoms with E-state index >= 15 is 0 Å². The van der Waals surface area contributed by atoms with Gasteiger partial charge in [0.2, 0.25) is 5.91 Å². The number of nitrogens with two attached hydrogens (primary N) is 1. The quantitative estimate of drug-likeness (QED) is 0.667. The summed E-state index contributed by atoms with van der Waals surface area (Å²) in [5.74, 6) is -2.00. The molecule has 1 aliphatic carbocycles. The average Bonchev–Trinajstić information content (AvgIpc) is 2.54. The second-order valence-electron chi connectivity index (χ2n) is 5.96. The molecule has 2 rings (SSSR count). The molecule has 1 aliphatic rings. The maximum atomic E-state index is 12.6. The molecule has 1 aromatic carbocycles. The van der Waals surface area contributed by atoms with Crippen LogP contribution in [0.15, 0.2) is 24.3 Å². The summed E-state index contributed by atoms with van der Waals surface area (Å²) in [5.41, 5.74) is 6.44. The Morgan fingerprint density at radius 3 is 2.30 bits per heavy atom. The van der Waals surface area contributed by atoms with Crippen molar-refractivity contribution in [2.45, 2.75) is 45.1 Å². The second kappa shape index (κ2) is 7.26. The third-order valence-corrected chi connectivity index (χ3v) is 4.27. The van der Waals surface area contributed by atoms with Gasteiger partial charge < -0.3 is 10.6 Å². The Kier molecular flexibility index (Phi) is 5.36. The molecule has 6 nitrogen and oxygen atoms in total. The Bertz CT molecular complexity index is 609. The van der Waals surface area contributed by atoms with Gasteiger partial charge in [0.05, 0.1) is 5.69 Å². The van der Waals surface area contributed by atoms with Crippen molar-refractivity contribution in [1.29, 1.82) is 0 Å². The molecule has 0 bridgehead atoms. The van der Waals surface area contributed by atoms with Crippen LogP contribution < -0.4 is 10.6 Å². The predicted octanol–water partition coefficient (Wildman–Crippen LogP) is 1.94. The number of hydrogen-bond donors (Lipinski definition) is 1. The highest BCUT2D eigenvalue weighted by Gasteiger charge is 2.32. The minimum absolute atomic E-state index is 0.0647. The number of benzene rings is 1. The van der Waals surface area contributed by atoms with Crippen molar-refractivity contribution in [2.24, 2.45) is 0 Å². The van der Waals surface area contributed by atoms with E-state index in [1.807, 2.05) is 0 Å². The number of carbonyl (C=O) groups is 3. The molecule has 2 N–H and O–H groups in total. The highest BCUT2D eigenvalue weighted by molar-refractivity contribution is 6.45. The van der Waals surface area contributed by atoms with Crippen LogP contribution in [-0.2, 0) is 14.4 Å². The molecule has 1 saturated carbocycles. The number of amides is 3. The van der Waals surface area contributed by atoms with Crippen LogP contribution in [0.3, 0.4) is 0 Å². The minimum Gasteiger partial charge on any atom is -0.399 e. The van der Waals surface area contributed by atoms with Crippen LogP contribution in [0.2, 0.25) is 0 Å². The number of imide groups is 1. The van der Waals surface area contributed by atoms with Crippen molar-refractivity contribution in [3.8, 4) is 0 Å². The van der Waals surface area contributed by atoms with Crippen LogP contribution >= 0.6 is 0 Å². The van der Waals surface area contributed by atoms with Gasteiger partial charge in [-0.2, -0.15) is 0 Å². The van der Waals surface area contributed by atoms with Crippen molar-refractivity contribution in [1.82, 2.24) is 4.90 Å². The van der Waals surface area contributed by atoms with Crippen molar-refractivity contribution in [3.05, 3.63) is 24.3 Å². The number of nitrogen functional groups attached to an aromatic ring is 1. The fourth-order valence-corrected chi connectivity index (χ4v) is 2.99. The zero-order valence-corrected chi connectivity index (χ0v) is 13.6. The molecule has 124 valence electrons. The molecule has 6 heteroatoms. The number of carbonyl (C=O) groups excluding carboxylic acids is 3. The van der Waals surface area contributed by atoms with E-state index in [2.05, 4.69) is 0 Å². The second-order valence-corrected chi connectivity index (χ2v) is 5.96. The van der Waals surface area contributed by atoms with Crippen molar-refractivity contribution in [3.63, 3.8) is 0 Å². The van der Waals surface area contributed by atoms with Gasteiger partial charge in [-0.05, 0) is 31.0 Å². The van der Waals surface area contributed by atoms with Gasteiger partial charge in [-0.1, -0.05) is 25.3 Å². The Morgan fingerprint density at radius 1 is 1.09 bits per heavy atom. The van der Waals surface area contributed by atoms with Gasteiger partial charge in [0.1, 0.15) is 0 Å². The maximum absolute atomic E-state index is 12.6. The molecule has 0 aromatic heterocycles. The van der Waals surface area contributed by atoms with Gasteiger partial charge in [0.25, 0.3) is 0 Å². The van der Waals surface area contributed by atoms with Crippen LogP contribution in [0.1, 0.15) is 39.0 Å². The lowest BCUT2D eigenvalue weighted by atomic mass is 9.94. The lowest BCUT2D eigenvalue weighted by Gasteiger charge is -2.32. The van der Waals surface area contributed by atoms with Crippen LogP contribution in [0, 0.1) is 0 Å². The molecule has 1 fully saturated rings. The van der Waals surface area contributed by atoms with Gasteiger partial charge in [0, 0.05) is 25.7 Å². The first-order valence-corrected chi connectivity index (χ1v) is 7.89. The van der Waals surface area contributed by atoms with Crippen molar-refractivity contribution in [2.75, 3.05) is 17.7 Å². The molecule has 23 heavy (non-hydrogen) atoms. The molecule has 0 atom stereocenters. The first-order valence-electron chi connectivity index (χ1n) is 7.89. The first kappa shape index (κ1) is 17.0. The van der Waals surface area contributed by atoms with Gasteiger partial charge in [0.15, 0.2) is 0 Å². The molecule has 0 spiro atoms. The normalized spacial score (nSPS) is 15.0. The van der Waals surface area contributed by atoms with E-state index < -0.39 is 17.7 Å². The van der Waals surface area contributed by atoms with Crippen molar-refractivity contribution >= 4 is 29.1 Å². The molecule has 1 aromatic rings. The summed E-state index contributed by atoms with van der Waals surface area (Å²) in [4.78, 5) is 39.3. The van der Waals surface area contributed by atoms with Gasteiger partial charge in [-0.15, -0.1) is 0 Å². The first-order chi connectivity index (χ1) is 10.9. The topological polar surface area (TPSA) is 83.7 Å². The Balaban J connectivity index is 2.20. The smallest absolute Gasteiger partial charge is 0.323 e. The summed E-state index contributed by atoms with van der Waals surface area (Å²) >= 11 is 0. The van der Waals surface area contributed by atoms with Crippen LogP contribution in [0.4, 0.5) is 11.4 Å². The SMILES string of the molecule is CC(=O)N(C(=O)C(=O)N(C)C1CCCCC1)c1cccc(N)c1. The van der Waals surface area contributed by atoms with Gasteiger partial charge in [-0.3, -0.25) is 14.4 Å². The fourth-order valence-electron chi connectivity index (χ4n) is 2.99. The van der Waals surface area contributed by atoms with Gasteiger partial charge in [-0.25, -0.2) is 4.90 Å². The highest BCUT2D eigenvalue weighted by atomic mass is 16.2. The Morgan fingerprint density at radius 2 is 1.74 bits per heavy atom. The van der Waals surface area contributed by atoms with E-state index in [1.165, 1.54) is 17.9 Å². The number of nitrogens with zero attached hydrogens (tertiary/aromatic N) is 2. The number of hydrogen-bond acceptors (Lipinski definition) is 4. The largest absolute Gasteiger partial charge is 0.399 e. The molecule has 3 amide bonds. The molecule has 0 saturated heterocycles. The molecule has 0 aliphatic heterocycles. The summed E-state index contributed by atoms with van der Waals surface area (Å²) in [7, 11) is 1.63. The molecular formula is C17H23N3O3. The summed E-state index contributed by atoms with van der Waals surface area (Å²) in [6, 6.07) is 6.46. The van der Waals surface area contributed by atoms with Crippen LogP contribution in [0.5, 0.6) is 0 Å². The van der Waals surface area contributed by atoms with Crippen LogP contribution in [0.25, 0.3) is 0 Å². The number of anilines is 2. The van der Waals surface area contributed by atoms with Crippen LogP contribution in [-0.4, -0.2) is 35.7 Å². The molecule has 0 radical (unpaired) electrons. The van der Waals surface area contributed by atoms with E-state index in [9.17, 15) is 14.4 Å². The van der Waals surface area contributed by atoms with E-state index in [-0.39, 0.29) is 6.04 Å². The predicted molar refractivity (Wildman–Crippen MR) is 88.7 cm³/mol. The number of likely N-dealkylation sites (N-methyl/N-ethyl adjacent to an activating group) is 1. The Labute approximate surface area is 136 Å². The summed E-state index contributed by atoms with van der Waals surface area (Å²) in [6.45, 7) is 1.26. The zero-order valence-electron chi connectivity index (χ0n) is 13.6. The van der Waals surface area contributed by atoms with Gasteiger partial charge >= 0.3 is 11.8 Å². The third-order valence-electron chi connectivity index (χ3n) is 4.27. The average molecular weight is 317 g/mol. The lowest BCUT2D eigenvalue weighted by molar-refractivity contribution is -0.146. The number of rotatable bonds is 2. The highest BCUT2D eigenvalue weighted by Crippen LogP contribution is 2.23. The Hall–Kier alpha value is -2.37. The minimum atomic E-state index is -0.837. The van der Waals surface area contributed by atoms with E-state index in [1.54, 1.807) is 25.2 Å². The molecule has 0 unspecified atom stereocenters.